The number of rotatable bonds is 58. The van der Waals surface area contributed by atoms with Crippen molar-refractivity contribution < 1.29 is 134 Å². The van der Waals surface area contributed by atoms with Gasteiger partial charge in [0.1, 0.15) is 38.3 Å². The van der Waals surface area contributed by atoms with Crippen molar-refractivity contribution in [2.24, 2.45) is 34.4 Å². The van der Waals surface area contributed by atoms with Crippen molar-refractivity contribution in [3.05, 3.63) is 71.5 Å². The third-order valence-electron chi connectivity index (χ3n) is 18.0. The number of nitrogens with one attached hydrogen (secondary N) is 10. The SMILES string of the molecule is N=C(N)NCCC[C@@H]1CC(=O)[C@@H]2CSSC[C@H](NC(=O)[C@H](CC(=O)O)CC(=O)CNC1=O)C(=O)C[C@@H](Cc1ccccc1)C(=O)N[C@H](C(=O)CCCOCCOCCOCCCC(=O)COCC(N)=O)CSCC(=O)N[C@@H](CCCCNC(=O)COCC(=O)NCCOCCOCCOCCOCCOCCNC(=O)CO/N=C/c1ccc(F)cc1)C(=O)N2. The van der Waals surface area contributed by atoms with E-state index in [0.717, 1.165) is 33.3 Å². The van der Waals surface area contributed by atoms with Crippen molar-refractivity contribution in [1.29, 1.82) is 5.41 Å². The molecule has 2 aliphatic heterocycles. The van der Waals surface area contributed by atoms with Crippen molar-refractivity contribution in [2.45, 2.75) is 114 Å². The first-order valence-corrected chi connectivity index (χ1v) is 44.5. The van der Waals surface area contributed by atoms with Gasteiger partial charge in [0, 0.05) is 101 Å². The van der Waals surface area contributed by atoms with Gasteiger partial charge in [-0.1, -0.05) is 69.2 Å². The van der Waals surface area contributed by atoms with Gasteiger partial charge >= 0.3 is 5.97 Å². The molecule has 0 aliphatic carbocycles. The summed E-state index contributed by atoms with van der Waals surface area (Å²) in [5.41, 5.74) is 11.7. The van der Waals surface area contributed by atoms with Crippen LogP contribution >= 0.6 is 33.3 Å². The van der Waals surface area contributed by atoms with Crippen LogP contribution < -0.4 is 59.3 Å². The van der Waals surface area contributed by atoms with Crippen molar-refractivity contribution >= 4 is 134 Å². The molecule has 2 aromatic rings. The van der Waals surface area contributed by atoms with Gasteiger partial charge in [0.05, 0.1) is 141 Å². The van der Waals surface area contributed by atoms with Gasteiger partial charge in [0.25, 0.3) is 5.91 Å². The first-order chi connectivity index (χ1) is 59.8. The normalized spacial score (nSPS) is 18.7. The molecule has 124 heavy (non-hydrogen) atoms. The minimum atomic E-state index is -1.55. The Labute approximate surface area is 731 Å². The first-order valence-electron chi connectivity index (χ1n) is 40.9. The molecule has 4 rings (SSSR count). The maximum atomic E-state index is 14.9. The summed E-state index contributed by atoms with van der Waals surface area (Å²) in [6.07, 6.45) is -0.125. The molecular weight excluding hydrogens is 1690 g/mol. The molecule has 15 N–H and O–H groups in total. The largest absolute Gasteiger partial charge is 0.481 e. The molecule has 2 heterocycles. The number of ketones is 5. The van der Waals surface area contributed by atoms with Crippen LogP contribution in [0.5, 0.6) is 0 Å². The number of nitrogens with two attached hydrogens (primary N) is 2. The van der Waals surface area contributed by atoms with Crippen molar-refractivity contribution in [3.8, 4) is 0 Å². The highest BCUT2D eigenvalue weighted by Crippen LogP contribution is 2.27. The number of primary amides is 1. The lowest BCUT2D eigenvalue weighted by atomic mass is 9.90. The van der Waals surface area contributed by atoms with Crippen molar-refractivity contribution in [3.63, 3.8) is 0 Å². The Morgan fingerprint density at radius 2 is 1.02 bits per heavy atom. The Hall–Kier alpha value is -9.19. The molecule has 2 aromatic carbocycles. The summed E-state index contributed by atoms with van der Waals surface area (Å²) in [5.74, 6) is -16.2. The number of carbonyl (C=O) groups is 15. The molecular formula is C80H120FN13O27S3. The Morgan fingerprint density at radius 3 is 1.60 bits per heavy atom. The number of benzene rings is 2. The maximum absolute atomic E-state index is 14.9. The number of fused-ring (bicyclic) bond motifs is 5. The van der Waals surface area contributed by atoms with E-state index < -0.39 is 164 Å². The van der Waals surface area contributed by atoms with Crippen LogP contribution in [0.15, 0.2) is 59.8 Å². The number of aliphatic carboxylic acids is 1. The molecule has 0 spiro atoms. The molecule has 692 valence electrons. The van der Waals surface area contributed by atoms with E-state index in [2.05, 4.69) is 53.0 Å². The maximum Gasteiger partial charge on any atom is 0.304 e. The summed E-state index contributed by atoms with van der Waals surface area (Å²) in [6, 6.07) is 8.73. The molecule has 2 saturated heterocycles. The molecule has 0 radical (unpaired) electrons. The van der Waals surface area contributed by atoms with Gasteiger partial charge in [0.2, 0.25) is 47.3 Å². The number of hydrogen-bond acceptors (Lipinski definition) is 31. The number of thioether (sulfide) groups is 1. The molecule has 44 heteroatoms. The number of hydrogen-bond donors (Lipinski definition) is 13. The third kappa shape index (κ3) is 53.2. The molecule has 2 bridgehead atoms. The van der Waals surface area contributed by atoms with Crippen molar-refractivity contribution in [1.82, 2.24) is 47.9 Å². The van der Waals surface area contributed by atoms with Gasteiger partial charge in [-0.05, 0) is 74.6 Å². The van der Waals surface area contributed by atoms with E-state index in [4.69, 9.17) is 69.1 Å². The highest BCUT2D eigenvalue weighted by atomic mass is 33.1. The van der Waals surface area contributed by atoms with Crippen LogP contribution in [0.2, 0.25) is 0 Å². The van der Waals surface area contributed by atoms with Crippen LogP contribution in [0, 0.1) is 29.0 Å². The Kier molecular flexibility index (Phi) is 58.1. The Balaban J connectivity index is 1.35. The highest BCUT2D eigenvalue weighted by molar-refractivity contribution is 8.76. The number of unbranched alkanes of at least 4 members (excludes halogenated alkanes) is 1. The van der Waals surface area contributed by atoms with Gasteiger partial charge in [0.15, 0.2) is 41.5 Å². The second-order valence-electron chi connectivity index (χ2n) is 28.2. The summed E-state index contributed by atoms with van der Waals surface area (Å²) in [4.78, 5) is 207. The number of amides is 9. The van der Waals surface area contributed by atoms with Gasteiger partial charge in [-0.15, -0.1) is 11.8 Å². The van der Waals surface area contributed by atoms with Crippen LogP contribution in [0.3, 0.4) is 0 Å². The number of carboxylic acids is 1. The number of oxime groups is 1. The zero-order chi connectivity index (χ0) is 90.2. The van der Waals surface area contributed by atoms with Crippen LogP contribution in [0.25, 0.3) is 0 Å². The van der Waals surface area contributed by atoms with E-state index in [1.165, 1.54) is 30.5 Å². The number of ether oxygens (including phenoxy) is 10. The minimum Gasteiger partial charge on any atom is -0.481 e. The van der Waals surface area contributed by atoms with E-state index >= 15 is 0 Å². The predicted molar refractivity (Wildman–Crippen MR) is 453 cm³/mol. The van der Waals surface area contributed by atoms with Crippen LogP contribution in [0.1, 0.15) is 94.6 Å². The Bertz CT molecular complexity index is 3640. The molecule has 2 fully saturated rings. The van der Waals surface area contributed by atoms with Gasteiger partial charge in [-0.25, -0.2) is 4.39 Å². The van der Waals surface area contributed by atoms with E-state index in [0.29, 0.717) is 57.2 Å². The number of carboxylic acid groups (broad SMARTS) is 1. The molecule has 0 aromatic heterocycles. The van der Waals surface area contributed by atoms with Crippen LogP contribution in [-0.2, 0) is 131 Å². The fourth-order valence-electron chi connectivity index (χ4n) is 11.6. The number of halogens is 1. The number of guanidine groups is 1. The van der Waals surface area contributed by atoms with Crippen LogP contribution in [-0.4, -0.2) is 324 Å². The lowest BCUT2D eigenvalue weighted by molar-refractivity contribution is -0.142. The summed E-state index contributed by atoms with van der Waals surface area (Å²) >= 11 is 0.943. The fourth-order valence-corrected chi connectivity index (χ4v) is 14.9. The van der Waals surface area contributed by atoms with Crippen LogP contribution in [0.4, 0.5) is 4.39 Å². The molecule has 7 atom stereocenters. The van der Waals surface area contributed by atoms with Gasteiger partial charge in [-0.3, -0.25) is 77.3 Å². The lowest BCUT2D eigenvalue weighted by Gasteiger charge is -2.26. The number of carbonyl (C=O) groups excluding carboxylic acids is 14. The van der Waals surface area contributed by atoms with E-state index in [1.54, 1.807) is 30.3 Å². The molecule has 9 amide bonds. The summed E-state index contributed by atoms with van der Waals surface area (Å²) in [7, 11) is 1.96. The Morgan fingerprint density at radius 1 is 0.508 bits per heavy atom. The first kappa shape index (κ1) is 107. The minimum absolute atomic E-state index is 0.00490. The zero-order valence-electron chi connectivity index (χ0n) is 69.7. The molecule has 0 saturated carbocycles. The number of nitrogens with zero attached hydrogens (tertiary/aromatic N) is 1. The van der Waals surface area contributed by atoms with Gasteiger partial charge < -0.3 is 117 Å². The summed E-state index contributed by atoms with van der Waals surface area (Å²) < 4.78 is 67.5. The quantitative estimate of drug-likeness (QED) is 0.0124. The fraction of sp³-hybridized carbons (Fsp3) is 0.637. The molecule has 40 nitrogen and oxygen atoms in total. The van der Waals surface area contributed by atoms with E-state index in [1.807, 2.05) is 0 Å². The van der Waals surface area contributed by atoms with Gasteiger partial charge in [-0.2, -0.15) is 0 Å². The smallest absolute Gasteiger partial charge is 0.304 e. The average molecular weight is 1810 g/mol. The summed E-state index contributed by atoms with van der Waals surface area (Å²) in [6.45, 7) is 2.02. The third-order valence-corrected chi connectivity index (χ3v) is 21.4. The second-order valence-corrected chi connectivity index (χ2v) is 31.8. The lowest BCUT2D eigenvalue weighted by Crippen LogP contribution is -2.53. The van der Waals surface area contributed by atoms with Crippen molar-refractivity contribution in [2.75, 3.05) is 194 Å². The van der Waals surface area contributed by atoms with E-state index in [-0.39, 0.29) is 216 Å². The number of Topliss-reactive ketones (excluding diaryl/α,β-unsaturated/α-hetero) is 5. The predicted octanol–water partition coefficient (Wildman–Crippen LogP) is -1.05. The average Bonchev–Trinajstić information content (AvgIpc) is 0.991. The standard InChI is InChI=1S/C80H120FN13O27S3/c81-60-17-15-56(16-18-60)44-90-121-50-73(103)87-22-26-114-30-34-117-36-38-118-37-35-116-33-29-113-25-21-86-72(102)49-120-48-71(101)85-19-5-4-13-63-79(110)94-66-53-124-123-52-65(93-78(109)59(43-75(105)106)40-62(96)45-89-76(107)57(41-68(66)98)11-6-20-88-80(83)84)69(99)42-58(39-55-9-2-1-3-10-55)77(108)92-64(51-122-54-74(104)91-63)67(97)14-8-24-112-28-32-115-31-27-111-23-7-12-61(95)46-119-47-70(82)100/h1-3,9-10,15-18,44,57-59,63-66H,4-8,11-14,19-43,45-54H2,(H2,82,100)(H,85,101)(H,86,102)(H,87,103)(H,89,107)(H,91,104)(H,92,108)(H,93,109)(H,94,110)(H,105,106)(H4,83,84,88)/b90-44+/t57-,58-,59+,63+,64+,65+,66+/m1/s1. The molecule has 0 unspecified atom stereocenters. The summed E-state index contributed by atoms with van der Waals surface area (Å²) in [5, 5.41) is 45.3. The zero-order valence-corrected chi connectivity index (χ0v) is 72.1. The second kappa shape index (κ2) is 67.2. The topological polar surface area (TPSA) is 574 Å². The molecule has 2 aliphatic rings. The monoisotopic (exact) mass is 1810 g/mol. The van der Waals surface area contributed by atoms with E-state index in [9.17, 15) is 81.4 Å². The highest BCUT2D eigenvalue weighted by Gasteiger charge is 2.36.